The Balaban J connectivity index is 1.48. The van der Waals surface area contributed by atoms with E-state index >= 15 is 0 Å². The first-order chi connectivity index (χ1) is 10.3. The Morgan fingerprint density at radius 3 is 2.57 bits per heavy atom. The van der Waals surface area contributed by atoms with Gasteiger partial charge in [0.1, 0.15) is 18.5 Å². The number of benzene rings is 1. The SMILES string of the molecule is N#Cc1ccc(OCC(O)CN2C3CCC2CNC3)cc1. The van der Waals surface area contributed by atoms with Crippen LogP contribution >= 0.6 is 0 Å². The lowest BCUT2D eigenvalue weighted by Crippen LogP contribution is -2.54. The molecule has 3 unspecified atom stereocenters. The van der Waals surface area contributed by atoms with Gasteiger partial charge in [0, 0.05) is 31.7 Å². The Morgan fingerprint density at radius 2 is 1.95 bits per heavy atom. The molecule has 0 saturated carbocycles. The summed E-state index contributed by atoms with van der Waals surface area (Å²) in [6, 6.07) is 10.2. The van der Waals surface area contributed by atoms with Crippen LogP contribution in [0.4, 0.5) is 0 Å². The zero-order valence-corrected chi connectivity index (χ0v) is 12.0. The first-order valence-electron chi connectivity index (χ1n) is 7.54. The molecule has 5 heteroatoms. The summed E-state index contributed by atoms with van der Waals surface area (Å²) < 4.78 is 5.60. The van der Waals surface area contributed by atoms with Crippen LogP contribution in [0, 0.1) is 11.3 Å². The molecule has 2 bridgehead atoms. The predicted octanol–water partition coefficient (Wildman–Crippen LogP) is 0.734. The Bertz CT molecular complexity index is 495. The average molecular weight is 287 g/mol. The average Bonchev–Trinajstić information content (AvgIpc) is 2.74. The third-order valence-corrected chi connectivity index (χ3v) is 4.38. The number of nitriles is 1. The molecule has 1 aromatic rings. The van der Waals surface area contributed by atoms with E-state index < -0.39 is 6.10 Å². The number of aliphatic hydroxyl groups excluding tert-OH is 1. The van der Waals surface area contributed by atoms with Crippen molar-refractivity contribution in [3.8, 4) is 11.8 Å². The molecule has 2 aliphatic rings. The second-order valence-electron chi connectivity index (χ2n) is 5.84. The van der Waals surface area contributed by atoms with E-state index in [9.17, 15) is 5.11 Å². The molecule has 0 amide bonds. The van der Waals surface area contributed by atoms with Crippen LogP contribution in [0.2, 0.25) is 0 Å². The van der Waals surface area contributed by atoms with Gasteiger partial charge in [0.15, 0.2) is 0 Å². The second-order valence-corrected chi connectivity index (χ2v) is 5.84. The maximum absolute atomic E-state index is 10.2. The Morgan fingerprint density at radius 1 is 1.29 bits per heavy atom. The van der Waals surface area contributed by atoms with Crippen LogP contribution in [0.1, 0.15) is 18.4 Å². The van der Waals surface area contributed by atoms with Crippen molar-refractivity contribution in [1.82, 2.24) is 10.2 Å². The number of fused-ring (bicyclic) bond motifs is 2. The van der Waals surface area contributed by atoms with Gasteiger partial charge in [0.25, 0.3) is 0 Å². The Labute approximate surface area is 125 Å². The van der Waals surface area contributed by atoms with Gasteiger partial charge in [0.05, 0.1) is 11.6 Å². The van der Waals surface area contributed by atoms with Gasteiger partial charge in [-0.1, -0.05) is 0 Å². The number of piperazine rings is 1. The summed E-state index contributed by atoms with van der Waals surface area (Å²) in [6.07, 6.45) is 1.96. The lowest BCUT2D eigenvalue weighted by atomic mass is 10.2. The van der Waals surface area contributed by atoms with Crippen molar-refractivity contribution >= 4 is 0 Å². The zero-order valence-electron chi connectivity index (χ0n) is 12.0. The first-order valence-corrected chi connectivity index (χ1v) is 7.54. The van der Waals surface area contributed by atoms with Gasteiger partial charge in [-0.05, 0) is 37.1 Å². The van der Waals surface area contributed by atoms with Crippen LogP contribution in [0.5, 0.6) is 5.75 Å². The number of nitrogens with zero attached hydrogens (tertiary/aromatic N) is 2. The molecule has 0 aromatic heterocycles. The molecule has 0 spiro atoms. The third-order valence-electron chi connectivity index (χ3n) is 4.38. The highest BCUT2D eigenvalue weighted by Crippen LogP contribution is 2.26. The minimum Gasteiger partial charge on any atom is -0.491 e. The number of ether oxygens (including phenoxy) is 1. The minimum absolute atomic E-state index is 0.287. The van der Waals surface area contributed by atoms with Crippen molar-refractivity contribution in [2.45, 2.75) is 31.0 Å². The molecule has 3 rings (SSSR count). The number of hydrogen-bond acceptors (Lipinski definition) is 5. The van der Waals surface area contributed by atoms with Crippen LogP contribution in [-0.2, 0) is 0 Å². The molecule has 3 atom stereocenters. The van der Waals surface area contributed by atoms with Gasteiger partial charge in [-0.2, -0.15) is 5.26 Å². The molecule has 1 aromatic carbocycles. The Kier molecular flexibility index (Phi) is 4.39. The first kappa shape index (κ1) is 14.3. The molecule has 21 heavy (non-hydrogen) atoms. The van der Waals surface area contributed by atoms with E-state index in [1.807, 2.05) is 0 Å². The number of hydrogen-bond donors (Lipinski definition) is 2. The standard InChI is InChI=1S/C16H21N3O2/c17-7-12-1-5-16(6-2-12)21-11-15(20)10-19-13-3-4-14(19)9-18-8-13/h1-2,5-6,13-15,18,20H,3-4,8-11H2. The van der Waals surface area contributed by atoms with Gasteiger partial charge in [-0.25, -0.2) is 0 Å². The fourth-order valence-electron chi connectivity index (χ4n) is 3.28. The van der Waals surface area contributed by atoms with Crippen LogP contribution in [0.15, 0.2) is 24.3 Å². The van der Waals surface area contributed by atoms with Gasteiger partial charge >= 0.3 is 0 Å². The highest BCUT2D eigenvalue weighted by Gasteiger charge is 2.37. The lowest BCUT2D eigenvalue weighted by molar-refractivity contribution is 0.0405. The van der Waals surface area contributed by atoms with Crippen LogP contribution in [0.25, 0.3) is 0 Å². The molecule has 112 valence electrons. The van der Waals surface area contributed by atoms with E-state index in [1.54, 1.807) is 24.3 Å². The largest absolute Gasteiger partial charge is 0.491 e. The quantitative estimate of drug-likeness (QED) is 0.836. The molecule has 2 saturated heterocycles. The highest BCUT2D eigenvalue weighted by molar-refractivity contribution is 5.34. The zero-order chi connectivity index (χ0) is 14.7. The van der Waals surface area contributed by atoms with Gasteiger partial charge in [0.2, 0.25) is 0 Å². The predicted molar refractivity (Wildman–Crippen MR) is 79.0 cm³/mol. The van der Waals surface area contributed by atoms with E-state index in [0.717, 1.165) is 13.1 Å². The summed E-state index contributed by atoms with van der Waals surface area (Å²) in [4.78, 5) is 2.42. The fraction of sp³-hybridized carbons (Fsp3) is 0.562. The monoisotopic (exact) mass is 287 g/mol. The molecular formula is C16H21N3O2. The molecule has 2 N–H and O–H groups in total. The summed E-state index contributed by atoms with van der Waals surface area (Å²) in [7, 11) is 0. The topological polar surface area (TPSA) is 68.5 Å². The molecule has 2 aliphatic heterocycles. The summed E-state index contributed by atoms with van der Waals surface area (Å²) >= 11 is 0. The van der Waals surface area contributed by atoms with Crippen LogP contribution in [0.3, 0.4) is 0 Å². The second kappa shape index (κ2) is 6.44. The van der Waals surface area contributed by atoms with Crippen molar-refractivity contribution in [2.75, 3.05) is 26.2 Å². The molecule has 0 aliphatic carbocycles. The summed E-state index contributed by atoms with van der Waals surface area (Å²) in [5, 5.41) is 22.4. The van der Waals surface area contributed by atoms with Crippen molar-refractivity contribution in [2.24, 2.45) is 0 Å². The summed E-state index contributed by atoms with van der Waals surface area (Å²) in [5.41, 5.74) is 0.611. The maximum atomic E-state index is 10.2. The van der Waals surface area contributed by atoms with E-state index in [2.05, 4.69) is 16.3 Å². The number of nitrogens with one attached hydrogen (secondary N) is 1. The van der Waals surface area contributed by atoms with Crippen molar-refractivity contribution in [3.63, 3.8) is 0 Å². The minimum atomic E-state index is -0.484. The number of aliphatic hydroxyl groups is 1. The van der Waals surface area contributed by atoms with E-state index in [0.29, 0.717) is 29.9 Å². The van der Waals surface area contributed by atoms with Gasteiger partial charge < -0.3 is 15.2 Å². The maximum Gasteiger partial charge on any atom is 0.119 e. The summed E-state index contributed by atoms with van der Waals surface area (Å²) in [5.74, 6) is 0.691. The van der Waals surface area contributed by atoms with Crippen molar-refractivity contribution < 1.29 is 9.84 Å². The fourth-order valence-corrected chi connectivity index (χ4v) is 3.28. The van der Waals surface area contributed by atoms with Crippen molar-refractivity contribution in [3.05, 3.63) is 29.8 Å². The molecule has 5 nitrogen and oxygen atoms in total. The highest BCUT2D eigenvalue weighted by atomic mass is 16.5. The smallest absolute Gasteiger partial charge is 0.119 e. The molecule has 2 fully saturated rings. The Hall–Kier alpha value is -1.61. The van der Waals surface area contributed by atoms with Crippen LogP contribution < -0.4 is 10.1 Å². The van der Waals surface area contributed by atoms with Gasteiger partial charge in [-0.15, -0.1) is 0 Å². The van der Waals surface area contributed by atoms with E-state index in [1.165, 1.54) is 12.8 Å². The third kappa shape index (κ3) is 3.35. The molecule has 0 radical (unpaired) electrons. The van der Waals surface area contributed by atoms with Crippen LogP contribution in [-0.4, -0.2) is 54.4 Å². The van der Waals surface area contributed by atoms with Gasteiger partial charge in [-0.3, -0.25) is 4.90 Å². The lowest BCUT2D eigenvalue weighted by Gasteiger charge is -2.36. The molecule has 2 heterocycles. The van der Waals surface area contributed by atoms with E-state index in [4.69, 9.17) is 10.00 Å². The van der Waals surface area contributed by atoms with E-state index in [-0.39, 0.29) is 6.61 Å². The number of rotatable bonds is 5. The molecular weight excluding hydrogens is 266 g/mol. The summed E-state index contributed by atoms with van der Waals surface area (Å²) in [6.45, 7) is 3.02. The normalized spacial score (nSPS) is 26.3. The van der Waals surface area contributed by atoms with Crippen molar-refractivity contribution in [1.29, 1.82) is 5.26 Å².